The molecule has 114 valence electrons. The van der Waals surface area contributed by atoms with Gasteiger partial charge in [0.1, 0.15) is 5.15 Å². The van der Waals surface area contributed by atoms with Crippen LogP contribution in [0.2, 0.25) is 5.15 Å². The van der Waals surface area contributed by atoms with E-state index in [9.17, 15) is 8.42 Å². The van der Waals surface area contributed by atoms with Gasteiger partial charge in [0.2, 0.25) is 10.0 Å². The average Bonchev–Trinajstić information content (AvgIpc) is 2.43. The summed E-state index contributed by atoms with van der Waals surface area (Å²) >= 11 is 5.82. The Morgan fingerprint density at radius 2 is 2.00 bits per heavy atom. The predicted molar refractivity (Wildman–Crippen MR) is 82.9 cm³/mol. The molecule has 0 unspecified atom stereocenters. The average molecular weight is 329 g/mol. The maximum absolute atomic E-state index is 12.6. The van der Waals surface area contributed by atoms with Crippen molar-refractivity contribution >= 4 is 32.5 Å². The molecule has 2 aromatic rings. The van der Waals surface area contributed by atoms with E-state index >= 15 is 0 Å². The fraction of sp³-hybridized carbons (Fsp3) is 0.357. The van der Waals surface area contributed by atoms with Gasteiger partial charge in [0.25, 0.3) is 0 Å². The van der Waals surface area contributed by atoms with Crippen LogP contribution in [0.25, 0.3) is 10.9 Å². The largest absolute Gasteiger partial charge is 0.395 e. The molecule has 0 amide bonds. The Morgan fingerprint density at radius 1 is 1.29 bits per heavy atom. The molecule has 1 aromatic carbocycles. The van der Waals surface area contributed by atoms with Crippen molar-refractivity contribution in [3.8, 4) is 0 Å². The Bertz CT molecular complexity index is 747. The van der Waals surface area contributed by atoms with Gasteiger partial charge in [-0.3, -0.25) is 0 Å². The molecule has 7 heteroatoms. The van der Waals surface area contributed by atoms with Gasteiger partial charge in [-0.15, -0.1) is 0 Å². The van der Waals surface area contributed by atoms with E-state index in [1.165, 1.54) is 10.4 Å². The van der Waals surface area contributed by atoms with Crippen LogP contribution in [-0.2, 0) is 10.0 Å². The molecular formula is C14H17ClN2O3S. The van der Waals surface area contributed by atoms with Crippen molar-refractivity contribution in [3.05, 3.63) is 35.5 Å². The molecule has 1 aromatic heterocycles. The monoisotopic (exact) mass is 328 g/mol. The van der Waals surface area contributed by atoms with Gasteiger partial charge in [0.15, 0.2) is 0 Å². The molecule has 5 nitrogen and oxygen atoms in total. The number of hydrogen-bond donors (Lipinski definition) is 1. The van der Waals surface area contributed by atoms with Crippen LogP contribution in [0.5, 0.6) is 0 Å². The number of sulfonamides is 1. The van der Waals surface area contributed by atoms with Crippen LogP contribution in [0.4, 0.5) is 0 Å². The van der Waals surface area contributed by atoms with Crippen LogP contribution in [0.15, 0.2) is 35.2 Å². The van der Waals surface area contributed by atoms with Gasteiger partial charge in [-0.05, 0) is 44.2 Å². The van der Waals surface area contributed by atoms with Crippen molar-refractivity contribution < 1.29 is 13.5 Å². The lowest BCUT2D eigenvalue weighted by atomic mass is 10.2. The number of fused-ring (bicyclic) bond motifs is 1. The molecule has 1 N–H and O–H groups in total. The summed E-state index contributed by atoms with van der Waals surface area (Å²) < 4.78 is 26.6. The van der Waals surface area contributed by atoms with Crippen LogP contribution in [0, 0.1) is 0 Å². The first kappa shape index (κ1) is 16.2. The SMILES string of the molecule is CC(C)N(CCO)S(=O)(=O)c1ccc2nc(Cl)ccc2c1. The zero-order valence-corrected chi connectivity index (χ0v) is 13.4. The Kier molecular flexibility index (Phi) is 4.83. The van der Waals surface area contributed by atoms with Gasteiger partial charge in [-0.25, -0.2) is 13.4 Å². The second-order valence-corrected chi connectivity index (χ2v) is 7.20. The predicted octanol–water partition coefficient (Wildman–Crippen LogP) is 2.28. The number of halogens is 1. The molecule has 0 spiro atoms. The zero-order chi connectivity index (χ0) is 15.6. The summed E-state index contributed by atoms with van der Waals surface area (Å²) in [6.45, 7) is 3.39. The first-order valence-corrected chi connectivity index (χ1v) is 8.37. The van der Waals surface area contributed by atoms with Crippen molar-refractivity contribution in [3.63, 3.8) is 0 Å². The molecule has 0 aliphatic carbocycles. The molecule has 0 saturated carbocycles. The van der Waals surface area contributed by atoms with E-state index in [2.05, 4.69) is 4.98 Å². The first-order valence-electron chi connectivity index (χ1n) is 6.55. The highest BCUT2D eigenvalue weighted by atomic mass is 35.5. The van der Waals surface area contributed by atoms with E-state index < -0.39 is 10.0 Å². The molecule has 21 heavy (non-hydrogen) atoms. The van der Waals surface area contributed by atoms with Crippen LogP contribution in [-0.4, -0.2) is 42.0 Å². The fourth-order valence-corrected chi connectivity index (χ4v) is 3.95. The van der Waals surface area contributed by atoms with Crippen molar-refractivity contribution in [1.29, 1.82) is 0 Å². The van der Waals surface area contributed by atoms with Gasteiger partial charge in [-0.2, -0.15) is 4.31 Å². The van der Waals surface area contributed by atoms with E-state index in [1.54, 1.807) is 38.1 Å². The summed E-state index contributed by atoms with van der Waals surface area (Å²) in [6, 6.07) is 7.82. The number of hydrogen-bond acceptors (Lipinski definition) is 4. The standard InChI is InChI=1S/C14H17ClN2O3S/c1-10(2)17(7-8-18)21(19,20)12-4-5-13-11(9-12)3-6-14(15)16-13/h3-6,9-10,18H,7-8H2,1-2H3. The minimum absolute atomic E-state index is 0.0664. The Morgan fingerprint density at radius 3 is 2.62 bits per heavy atom. The van der Waals surface area contributed by atoms with E-state index in [0.29, 0.717) is 16.1 Å². The summed E-state index contributed by atoms with van der Waals surface area (Å²) in [5, 5.41) is 10.1. The summed E-state index contributed by atoms with van der Waals surface area (Å²) in [5.74, 6) is 0. The quantitative estimate of drug-likeness (QED) is 0.855. The Balaban J connectivity index is 2.51. The lowest BCUT2D eigenvalue weighted by molar-refractivity contribution is 0.236. The minimum Gasteiger partial charge on any atom is -0.395 e. The highest BCUT2D eigenvalue weighted by Crippen LogP contribution is 2.23. The maximum atomic E-state index is 12.6. The summed E-state index contributed by atoms with van der Waals surface area (Å²) in [5.41, 5.74) is 0.639. The molecule has 0 aliphatic rings. The molecule has 1 heterocycles. The summed E-state index contributed by atoms with van der Waals surface area (Å²) in [6.07, 6.45) is 0. The van der Waals surface area contributed by atoms with Crippen molar-refractivity contribution in [2.24, 2.45) is 0 Å². The number of aliphatic hydroxyl groups excluding tert-OH is 1. The number of aromatic nitrogens is 1. The van der Waals surface area contributed by atoms with E-state index in [-0.39, 0.29) is 24.1 Å². The van der Waals surface area contributed by atoms with Gasteiger partial charge in [0.05, 0.1) is 17.0 Å². The van der Waals surface area contributed by atoms with E-state index in [0.717, 1.165) is 0 Å². The van der Waals surface area contributed by atoms with E-state index in [1.807, 2.05) is 0 Å². The smallest absolute Gasteiger partial charge is 0.243 e. The molecule has 0 aliphatic heterocycles. The van der Waals surface area contributed by atoms with Crippen molar-refractivity contribution in [2.75, 3.05) is 13.2 Å². The third kappa shape index (κ3) is 3.35. The molecule has 0 fully saturated rings. The normalized spacial score (nSPS) is 12.5. The topological polar surface area (TPSA) is 70.5 Å². The molecule has 0 atom stereocenters. The third-order valence-electron chi connectivity index (χ3n) is 3.13. The van der Waals surface area contributed by atoms with Gasteiger partial charge < -0.3 is 5.11 Å². The lowest BCUT2D eigenvalue weighted by Crippen LogP contribution is -2.38. The molecule has 2 rings (SSSR count). The second kappa shape index (κ2) is 6.27. The highest BCUT2D eigenvalue weighted by Gasteiger charge is 2.26. The van der Waals surface area contributed by atoms with Gasteiger partial charge in [-0.1, -0.05) is 11.6 Å². The molecular weight excluding hydrogens is 312 g/mol. The minimum atomic E-state index is -3.65. The fourth-order valence-electron chi connectivity index (χ4n) is 2.13. The Hall–Kier alpha value is -1.21. The summed E-state index contributed by atoms with van der Waals surface area (Å²) in [4.78, 5) is 4.31. The number of pyridine rings is 1. The molecule has 0 radical (unpaired) electrons. The van der Waals surface area contributed by atoms with Gasteiger partial charge >= 0.3 is 0 Å². The van der Waals surface area contributed by atoms with Crippen LogP contribution in [0.3, 0.4) is 0 Å². The van der Waals surface area contributed by atoms with Crippen molar-refractivity contribution in [2.45, 2.75) is 24.8 Å². The molecule has 0 saturated heterocycles. The lowest BCUT2D eigenvalue weighted by Gasteiger charge is -2.25. The number of benzene rings is 1. The van der Waals surface area contributed by atoms with Crippen molar-refractivity contribution in [1.82, 2.24) is 9.29 Å². The number of aliphatic hydroxyl groups is 1. The number of nitrogens with zero attached hydrogens (tertiary/aromatic N) is 2. The highest BCUT2D eigenvalue weighted by molar-refractivity contribution is 7.89. The first-order chi connectivity index (χ1) is 9.86. The maximum Gasteiger partial charge on any atom is 0.243 e. The van der Waals surface area contributed by atoms with Gasteiger partial charge in [0, 0.05) is 18.0 Å². The third-order valence-corrected chi connectivity index (χ3v) is 5.41. The molecule has 0 bridgehead atoms. The summed E-state index contributed by atoms with van der Waals surface area (Å²) in [7, 11) is -3.65. The second-order valence-electron chi connectivity index (χ2n) is 4.92. The number of rotatable bonds is 5. The van der Waals surface area contributed by atoms with Crippen LogP contribution < -0.4 is 0 Å². The van der Waals surface area contributed by atoms with E-state index in [4.69, 9.17) is 16.7 Å². The zero-order valence-electron chi connectivity index (χ0n) is 11.8. The van der Waals surface area contributed by atoms with Crippen LogP contribution >= 0.6 is 11.6 Å². The Labute approximate surface area is 129 Å². The van der Waals surface area contributed by atoms with Crippen LogP contribution in [0.1, 0.15) is 13.8 Å².